The summed E-state index contributed by atoms with van der Waals surface area (Å²) in [6.45, 7) is 3.13. The third-order valence-corrected chi connectivity index (χ3v) is 5.25. The lowest BCUT2D eigenvalue weighted by atomic mass is 9.94. The molecule has 1 heterocycles. The van der Waals surface area contributed by atoms with Crippen molar-refractivity contribution >= 4 is 28.5 Å². The Kier molecular flexibility index (Phi) is 9.32. The molecular formula is C24H30N2O7. The van der Waals surface area contributed by atoms with Crippen molar-refractivity contribution in [2.45, 2.75) is 32.5 Å². The van der Waals surface area contributed by atoms with E-state index in [1.807, 2.05) is 31.2 Å². The molecule has 1 aliphatic heterocycles. The summed E-state index contributed by atoms with van der Waals surface area (Å²) in [6, 6.07) is 10.9. The van der Waals surface area contributed by atoms with E-state index in [-0.39, 0.29) is 57.1 Å². The fraction of sp³-hybridized carbons (Fsp3) is 0.458. The smallest absolute Gasteiger partial charge is 0.261 e. The Hall–Kier alpha value is -2.85. The van der Waals surface area contributed by atoms with Crippen LogP contribution in [0.1, 0.15) is 46.9 Å². The number of hydrogen-bond acceptors (Lipinski definition) is 7. The predicted molar refractivity (Wildman–Crippen MR) is 121 cm³/mol. The number of imide groups is 1. The maximum Gasteiger partial charge on any atom is 0.261 e. The van der Waals surface area contributed by atoms with Gasteiger partial charge in [0, 0.05) is 30.0 Å². The summed E-state index contributed by atoms with van der Waals surface area (Å²) in [7, 11) is 1.52. The van der Waals surface area contributed by atoms with Gasteiger partial charge in [-0.25, -0.2) is 10.3 Å². The van der Waals surface area contributed by atoms with Gasteiger partial charge in [-0.2, -0.15) is 0 Å². The highest BCUT2D eigenvalue weighted by atomic mass is 16.8. The second kappa shape index (κ2) is 12.4. The van der Waals surface area contributed by atoms with Gasteiger partial charge in [-0.3, -0.25) is 19.3 Å². The van der Waals surface area contributed by atoms with Crippen LogP contribution in [0.2, 0.25) is 0 Å². The number of carbonyl (C=O) groups is 3. The van der Waals surface area contributed by atoms with Gasteiger partial charge in [-0.1, -0.05) is 37.6 Å². The van der Waals surface area contributed by atoms with Gasteiger partial charge >= 0.3 is 0 Å². The number of benzene rings is 2. The van der Waals surface area contributed by atoms with E-state index in [9.17, 15) is 14.4 Å². The highest BCUT2D eigenvalue weighted by Crippen LogP contribution is 2.29. The Bertz CT molecular complexity index is 928. The summed E-state index contributed by atoms with van der Waals surface area (Å²) < 4.78 is 16.0. The highest BCUT2D eigenvalue weighted by molar-refractivity contribution is 6.25. The van der Waals surface area contributed by atoms with Crippen LogP contribution in [0.5, 0.6) is 0 Å². The summed E-state index contributed by atoms with van der Waals surface area (Å²) in [5.74, 6) is -0.925. The summed E-state index contributed by atoms with van der Waals surface area (Å²) in [5.41, 5.74) is 3.40. The predicted octanol–water partition coefficient (Wildman–Crippen LogP) is 2.68. The number of methoxy groups -OCH3 is 1. The first-order valence-corrected chi connectivity index (χ1v) is 11.1. The molecule has 0 bridgehead atoms. The Labute approximate surface area is 192 Å². The summed E-state index contributed by atoms with van der Waals surface area (Å²) in [4.78, 5) is 43.7. The molecule has 0 saturated heterocycles. The van der Waals surface area contributed by atoms with E-state index < -0.39 is 6.29 Å². The van der Waals surface area contributed by atoms with E-state index in [0.717, 1.165) is 11.8 Å². The molecule has 0 fully saturated rings. The standard InChI is InChI=1S/C24H30N2O7/c1-3-6-21(30-2)33-25-20(27)11-13-31-15-16-32-14-12-26-23(28)18-9-4-7-17-8-5-10-19(22(17)18)24(26)29/h4-5,7-10,21H,3,6,11-16H2,1-2H3,(H,25,27). The van der Waals surface area contributed by atoms with Crippen molar-refractivity contribution in [1.29, 1.82) is 0 Å². The first kappa shape index (κ1) is 24.8. The van der Waals surface area contributed by atoms with Crippen molar-refractivity contribution in [1.82, 2.24) is 10.4 Å². The van der Waals surface area contributed by atoms with Crippen molar-refractivity contribution in [3.63, 3.8) is 0 Å². The van der Waals surface area contributed by atoms with Crippen LogP contribution in [0, 0.1) is 0 Å². The van der Waals surface area contributed by atoms with Crippen LogP contribution in [-0.2, 0) is 23.8 Å². The Morgan fingerprint density at radius 3 is 2.21 bits per heavy atom. The second-order valence-electron chi connectivity index (χ2n) is 7.54. The van der Waals surface area contributed by atoms with Gasteiger partial charge in [0.05, 0.1) is 39.4 Å². The Morgan fingerprint density at radius 1 is 0.970 bits per heavy atom. The molecule has 33 heavy (non-hydrogen) atoms. The van der Waals surface area contributed by atoms with Crippen molar-refractivity contribution in [3.8, 4) is 0 Å². The average Bonchev–Trinajstić information content (AvgIpc) is 2.83. The lowest BCUT2D eigenvalue weighted by Crippen LogP contribution is -2.42. The lowest BCUT2D eigenvalue weighted by molar-refractivity contribution is -0.180. The minimum Gasteiger partial charge on any atom is -0.379 e. The fourth-order valence-corrected chi connectivity index (χ4v) is 3.57. The Morgan fingerprint density at radius 2 is 1.61 bits per heavy atom. The van der Waals surface area contributed by atoms with Gasteiger partial charge in [0.25, 0.3) is 11.8 Å². The zero-order valence-corrected chi connectivity index (χ0v) is 19.0. The van der Waals surface area contributed by atoms with E-state index in [1.165, 1.54) is 12.0 Å². The molecule has 178 valence electrons. The molecule has 2 aromatic carbocycles. The first-order chi connectivity index (χ1) is 16.1. The van der Waals surface area contributed by atoms with Gasteiger partial charge in [0.15, 0.2) is 6.29 Å². The van der Waals surface area contributed by atoms with E-state index in [2.05, 4.69) is 5.48 Å². The first-order valence-electron chi connectivity index (χ1n) is 11.1. The second-order valence-corrected chi connectivity index (χ2v) is 7.54. The maximum atomic E-state index is 12.8. The monoisotopic (exact) mass is 458 g/mol. The van der Waals surface area contributed by atoms with Gasteiger partial charge in [-0.15, -0.1) is 0 Å². The van der Waals surface area contributed by atoms with Gasteiger partial charge in [0.2, 0.25) is 5.91 Å². The van der Waals surface area contributed by atoms with Gasteiger partial charge in [0.1, 0.15) is 0 Å². The largest absolute Gasteiger partial charge is 0.379 e. The lowest BCUT2D eigenvalue weighted by Gasteiger charge is -2.27. The molecule has 0 aliphatic carbocycles. The molecule has 1 unspecified atom stereocenters. The molecule has 2 aromatic rings. The van der Waals surface area contributed by atoms with Crippen LogP contribution in [0.15, 0.2) is 36.4 Å². The summed E-state index contributed by atoms with van der Waals surface area (Å²) in [5, 5.41) is 1.58. The molecule has 0 radical (unpaired) electrons. The average molecular weight is 459 g/mol. The molecule has 3 rings (SSSR count). The maximum absolute atomic E-state index is 12.8. The minimum atomic E-state index is -0.465. The van der Waals surface area contributed by atoms with Crippen LogP contribution in [-0.4, -0.2) is 69.0 Å². The SMILES string of the molecule is CCCC(OC)ONC(=O)CCOCCOCCN1C(=O)c2cccc3cccc(c23)C1=O. The molecule has 9 heteroatoms. The normalized spacial score (nSPS) is 14.1. The van der Waals surface area contributed by atoms with Crippen molar-refractivity contribution < 1.29 is 33.4 Å². The Balaban J connectivity index is 1.32. The number of rotatable bonds is 14. The molecule has 0 saturated carbocycles. The van der Waals surface area contributed by atoms with Crippen LogP contribution in [0.3, 0.4) is 0 Å². The molecule has 1 N–H and O–H groups in total. The third kappa shape index (κ3) is 6.35. The molecule has 1 atom stereocenters. The minimum absolute atomic E-state index is 0.143. The van der Waals surface area contributed by atoms with Gasteiger partial charge < -0.3 is 14.2 Å². The number of ether oxygens (including phenoxy) is 3. The van der Waals surface area contributed by atoms with Gasteiger partial charge in [-0.05, 0) is 17.5 Å². The number of hydrogen-bond donors (Lipinski definition) is 1. The number of amides is 3. The number of nitrogens with one attached hydrogen (secondary N) is 1. The number of carbonyl (C=O) groups excluding carboxylic acids is 3. The van der Waals surface area contributed by atoms with E-state index >= 15 is 0 Å². The van der Waals surface area contributed by atoms with E-state index in [4.69, 9.17) is 19.0 Å². The fourth-order valence-electron chi connectivity index (χ4n) is 3.57. The van der Waals surface area contributed by atoms with Crippen molar-refractivity contribution in [2.75, 3.05) is 40.1 Å². The zero-order chi connectivity index (χ0) is 23.6. The van der Waals surface area contributed by atoms with Crippen LogP contribution in [0.4, 0.5) is 0 Å². The van der Waals surface area contributed by atoms with Crippen LogP contribution >= 0.6 is 0 Å². The topological polar surface area (TPSA) is 103 Å². The molecule has 0 aromatic heterocycles. The quantitative estimate of drug-likeness (QED) is 0.201. The summed E-state index contributed by atoms with van der Waals surface area (Å²) >= 11 is 0. The number of nitrogens with zero attached hydrogens (tertiary/aromatic N) is 1. The van der Waals surface area contributed by atoms with Crippen molar-refractivity contribution in [3.05, 3.63) is 47.5 Å². The number of hydroxylamine groups is 1. The van der Waals surface area contributed by atoms with Crippen LogP contribution < -0.4 is 5.48 Å². The molecule has 0 spiro atoms. The van der Waals surface area contributed by atoms with Crippen LogP contribution in [0.25, 0.3) is 10.8 Å². The van der Waals surface area contributed by atoms with E-state index in [0.29, 0.717) is 22.9 Å². The molecular weight excluding hydrogens is 428 g/mol. The molecule has 1 aliphatic rings. The summed E-state index contributed by atoms with van der Waals surface area (Å²) in [6.07, 6.45) is 1.24. The highest BCUT2D eigenvalue weighted by Gasteiger charge is 2.32. The zero-order valence-electron chi connectivity index (χ0n) is 19.0. The molecule has 9 nitrogen and oxygen atoms in total. The molecule has 3 amide bonds. The van der Waals surface area contributed by atoms with E-state index in [1.54, 1.807) is 12.1 Å². The third-order valence-electron chi connectivity index (χ3n) is 5.25. The van der Waals surface area contributed by atoms with Crippen molar-refractivity contribution in [2.24, 2.45) is 0 Å².